The third-order valence-electron chi connectivity index (χ3n) is 3.54. The van der Waals surface area contributed by atoms with Gasteiger partial charge in [0.2, 0.25) is 0 Å². The minimum atomic E-state index is -0.473. The minimum absolute atomic E-state index is 0.0406. The number of hydrogen-bond donors (Lipinski definition) is 2. The van der Waals surface area contributed by atoms with Crippen molar-refractivity contribution in [2.75, 3.05) is 6.61 Å². The van der Waals surface area contributed by atoms with Crippen molar-refractivity contribution in [3.05, 3.63) is 63.1 Å². The molecule has 26 heavy (non-hydrogen) atoms. The molecule has 5 nitrogen and oxygen atoms in total. The molecule has 2 rings (SSSR count). The second kappa shape index (κ2) is 8.56. The fourth-order valence-electron chi connectivity index (χ4n) is 2.18. The second-order valence-corrected chi connectivity index (χ2v) is 7.98. The van der Waals surface area contributed by atoms with Gasteiger partial charge in [0.25, 0.3) is 11.8 Å². The smallest absolute Gasteiger partial charge is 0.276 e. The highest BCUT2D eigenvalue weighted by Crippen LogP contribution is 2.30. The summed E-state index contributed by atoms with van der Waals surface area (Å²) in [5.74, 6) is -0.373. The van der Waals surface area contributed by atoms with Crippen molar-refractivity contribution in [3.63, 3.8) is 0 Å². The molecule has 0 aromatic heterocycles. The number of carbonyl (C=O) groups excluding carboxylic acids is 2. The summed E-state index contributed by atoms with van der Waals surface area (Å²) in [4.78, 5) is 24.0. The van der Waals surface area contributed by atoms with Crippen LogP contribution in [0.2, 0.25) is 5.02 Å². The third kappa shape index (κ3) is 5.75. The van der Waals surface area contributed by atoms with E-state index >= 15 is 0 Å². The zero-order valence-corrected chi connectivity index (χ0v) is 17.1. The Hall–Kier alpha value is -2.05. The lowest BCUT2D eigenvalue weighted by molar-refractivity contribution is -0.123. The molecule has 0 bridgehead atoms. The molecule has 0 saturated carbocycles. The van der Waals surface area contributed by atoms with Crippen LogP contribution in [0.3, 0.4) is 0 Å². The third-order valence-corrected chi connectivity index (χ3v) is 4.45. The van der Waals surface area contributed by atoms with E-state index in [1.165, 1.54) is 0 Å². The van der Waals surface area contributed by atoms with Crippen molar-refractivity contribution < 1.29 is 14.3 Å². The van der Waals surface area contributed by atoms with Gasteiger partial charge in [-0.1, -0.05) is 54.4 Å². The number of ether oxygens (including phenoxy) is 1. The zero-order valence-electron chi connectivity index (χ0n) is 14.7. The summed E-state index contributed by atoms with van der Waals surface area (Å²) in [6.07, 6.45) is 0. The lowest BCUT2D eigenvalue weighted by Gasteiger charge is -2.21. The van der Waals surface area contributed by atoms with Gasteiger partial charge in [-0.15, -0.1) is 0 Å². The molecule has 2 amide bonds. The Bertz CT molecular complexity index is 801. The van der Waals surface area contributed by atoms with Crippen molar-refractivity contribution in [1.29, 1.82) is 0 Å². The molecular weight excluding hydrogens is 420 g/mol. The Balaban J connectivity index is 1.87. The summed E-state index contributed by atoms with van der Waals surface area (Å²) in [7, 11) is 0. The van der Waals surface area contributed by atoms with E-state index < -0.39 is 11.8 Å². The number of amides is 2. The normalized spacial score (nSPS) is 11.0. The van der Waals surface area contributed by atoms with Crippen LogP contribution in [0.4, 0.5) is 0 Å². The molecule has 138 valence electrons. The number of carbonyl (C=O) groups is 2. The standard InChI is InChI=1S/C19H20BrClN2O3/c1-19(2,3)15-9-4-12(10-16(15)20)18(25)23-22-17(24)11-26-14-7-5-13(21)6-8-14/h4-10H,11H2,1-3H3,(H,22,24)(H,23,25). The van der Waals surface area contributed by atoms with Crippen molar-refractivity contribution in [3.8, 4) is 5.75 Å². The molecule has 2 aromatic carbocycles. The van der Waals surface area contributed by atoms with Crippen LogP contribution in [0.15, 0.2) is 46.9 Å². The van der Waals surface area contributed by atoms with Crippen LogP contribution in [-0.4, -0.2) is 18.4 Å². The van der Waals surface area contributed by atoms with Crippen LogP contribution in [0, 0.1) is 0 Å². The SMILES string of the molecule is CC(C)(C)c1ccc(C(=O)NNC(=O)COc2ccc(Cl)cc2)cc1Br. The highest BCUT2D eigenvalue weighted by Gasteiger charge is 2.18. The fourth-order valence-corrected chi connectivity index (χ4v) is 3.28. The molecule has 0 radical (unpaired) electrons. The van der Waals surface area contributed by atoms with E-state index in [1.54, 1.807) is 36.4 Å². The summed E-state index contributed by atoms with van der Waals surface area (Å²) in [6.45, 7) is 6.05. The molecule has 0 fully saturated rings. The molecule has 0 aliphatic heterocycles. The molecule has 0 unspecified atom stereocenters. The van der Waals surface area contributed by atoms with Gasteiger partial charge in [0, 0.05) is 15.1 Å². The molecule has 2 N–H and O–H groups in total. The first-order valence-electron chi connectivity index (χ1n) is 7.94. The quantitative estimate of drug-likeness (QED) is 0.700. The summed E-state index contributed by atoms with van der Waals surface area (Å²) < 4.78 is 6.15. The van der Waals surface area contributed by atoms with E-state index in [2.05, 4.69) is 47.6 Å². The number of hydrogen-bond acceptors (Lipinski definition) is 3. The molecule has 2 aromatic rings. The van der Waals surface area contributed by atoms with Gasteiger partial charge >= 0.3 is 0 Å². The summed E-state index contributed by atoms with van der Waals surface area (Å²) in [6, 6.07) is 12.0. The first-order chi connectivity index (χ1) is 12.2. The van der Waals surface area contributed by atoms with E-state index in [-0.39, 0.29) is 12.0 Å². The molecule has 0 aliphatic carbocycles. The maximum atomic E-state index is 12.2. The highest BCUT2D eigenvalue weighted by molar-refractivity contribution is 9.10. The number of rotatable bonds is 4. The number of nitrogens with one attached hydrogen (secondary N) is 2. The minimum Gasteiger partial charge on any atom is -0.484 e. The monoisotopic (exact) mass is 438 g/mol. The first kappa shape index (κ1) is 20.3. The van der Waals surface area contributed by atoms with E-state index in [0.717, 1.165) is 10.0 Å². The Labute approximate surface area is 166 Å². The van der Waals surface area contributed by atoms with E-state index in [1.807, 2.05) is 6.07 Å². The van der Waals surface area contributed by atoms with Gasteiger partial charge in [-0.05, 0) is 47.4 Å². The lowest BCUT2D eigenvalue weighted by Crippen LogP contribution is -2.43. The maximum Gasteiger partial charge on any atom is 0.276 e. The molecule has 0 heterocycles. The van der Waals surface area contributed by atoms with Gasteiger partial charge in [0.15, 0.2) is 6.61 Å². The van der Waals surface area contributed by atoms with Gasteiger partial charge in [0.1, 0.15) is 5.75 Å². The maximum absolute atomic E-state index is 12.2. The Morgan fingerprint density at radius 2 is 1.73 bits per heavy atom. The molecule has 7 heteroatoms. The van der Waals surface area contributed by atoms with Crippen LogP contribution in [-0.2, 0) is 10.2 Å². The number of halogens is 2. The molecule has 0 aliphatic rings. The van der Waals surface area contributed by atoms with Gasteiger partial charge in [-0.3, -0.25) is 20.4 Å². The summed E-state index contributed by atoms with van der Waals surface area (Å²) in [5.41, 5.74) is 6.18. The Morgan fingerprint density at radius 3 is 2.31 bits per heavy atom. The van der Waals surface area contributed by atoms with Crippen LogP contribution >= 0.6 is 27.5 Å². The van der Waals surface area contributed by atoms with Crippen LogP contribution in [0.1, 0.15) is 36.7 Å². The summed E-state index contributed by atoms with van der Waals surface area (Å²) in [5, 5.41) is 0.581. The Kier molecular flexibility index (Phi) is 6.67. The van der Waals surface area contributed by atoms with Gasteiger partial charge in [0.05, 0.1) is 0 Å². The highest BCUT2D eigenvalue weighted by atomic mass is 79.9. The van der Waals surface area contributed by atoms with E-state index in [0.29, 0.717) is 16.3 Å². The predicted octanol–water partition coefficient (Wildman–Crippen LogP) is 4.24. The fraction of sp³-hybridized carbons (Fsp3) is 0.263. The van der Waals surface area contributed by atoms with Crippen molar-refractivity contribution >= 4 is 39.3 Å². The number of hydrazine groups is 1. The van der Waals surface area contributed by atoms with E-state index in [4.69, 9.17) is 16.3 Å². The van der Waals surface area contributed by atoms with Gasteiger partial charge < -0.3 is 4.74 Å². The summed E-state index contributed by atoms with van der Waals surface area (Å²) >= 11 is 9.27. The first-order valence-corrected chi connectivity index (χ1v) is 9.11. The average molecular weight is 440 g/mol. The van der Waals surface area contributed by atoms with Gasteiger partial charge in [-0.2, -0.15) is 0 Å². The lowest BCUT2D eigenvalue weighted by atomic mass is 9.86. The van der Waals surface area contributed by atoms with Crippen LogP contribution in [0.25, 0.3) is 0 Å². The van der Waals surface area contributed by atoms with Crippen molar-refractivity contribution in [1.82, 2.24) is 10.9 Å². The predicted molar refractivity (Wildman–Crippen MR) is 105 cm³/mol. The van der Waals surface area contributed by atoms with Crippen molar-refractivity contribution in [2.24, 2.45) is 0 Å². The molecule has 0 atom stereocenters. The topological polar surface area (TPSA) is 67.4 Å². The Morgan fingerprint density at radius 1 is 1.08 bits per heavy atom. The van der Waals surface area contributed by atoms with E-state index in [9.17, 15) is 9.59 Å². The van der Waals surface area contributed by atoms with Gasteiger partial charge in [-0.25, -0.2) is 0 Å². The molecule has 0 spiro atoms. The largest absolute Gasteiger partial charge is 0.484 e. The van der Waals surface area contributed by atoms with Crippen LogP contribution in [0.5, 0.6) is 5.75 Å². The molecule has 0 saturated heterocycles. The zero-order chi connectivity index (χ0) is 19.3. The average Bonchev–Trinajstić information content (AvgIpc) is 2.58. The number of benzene rings is 2. The van der Waals surface area contributed by atoms with Crippen LogP contribution < -0.4 is 15.6 Å². The second-order valence-electron chi connectivity index (χ2n) is 6.69. The van der Waals surface area contributed by atoms with Crippen molar-refractivity contribution in [2.45, 2.75) is 26.2 Å². The molecular formula is C19H20BrClN2O3.